The fourth-order valence-electron chi connectivity index (χ4n) is 1.40. The Hall–Kier alpha value is -1.35. The number of benzene rings is 1. The third-order valence-electron chi connectivity index (χ3n) is 2.23. The Balaban J connectivity index is 2.50. The zero-order valence-corrected chi connectivity index (χ0v) is 9.95. The molecule has 0 saturated carbocycles. The van der Waals surface area contributed by atoms with E-state index < -0.39 is 0 Å². The van der Waals surface area contributed by atoms with Crippen molar-refractivity contribution in [3.8, 4) is 11.3 Å². The minimum absolute atomic E-state index is 0.759. The van der Waals surface area contributed by atoms with Gasteiger partial charge in [-0.15, -0.1) is 0 Å². The topological polar surface area (TPSA) is 38.9 Å². The lowest BCUT2D eigenvalue weighted by Crippen LogP contribution is -1.88. The van der Waals surface area contributed by atoms with Gasteiger partial charge >= 0.3 is 0 Å². The third-order valence-corrected chi connectivity index (χ3v) is 3.06. The minimum Gasteiger partial charge on any atom is -0.399 e. The van der Waals surface area contributed by atoms with Crippen molar-refractivity contribution in [1.29, 1.82) is 0 Å². The molecule has 2 N–H and O–H groups in total. The average molecular weight is 263 g/mol. The number of aryl methyl sites for hydroxylation is 1. The summed E-state index contributed by atoms with van der Waals surface area (Å²) in [5, 5.41) is 0. The Kier molecular flexibility index (Phi) is 2.73. The summed E-state index contributed by atoms with van der Waals surface area (Å²) >= 11 is 3.43. The van der Waals surface area contributed by atoms with Gasteiger partial charge in [0.2, 0.25) is 0 Å². The monoisotopic (exact) mass is 262 g/mol. The van der Waals surface area contributed by atoms with Crippen LogP contribution in [0, 0.1) is 6.92 Å². The summed E-state index contributed by atoms with van der Waals surface area (Å²) in [6.45, 7) is 2.04. The van der Waals surface area contributed by atoms with Gasteiger partial charge in [-0.1, -0.05) is 12.1 Å². The van der Waals surface area contributed by atoms with E-state index in [1.807, 2.05) is 43.5 Å². The molecule has 0 spiro atoms. The molecule has 2 nitrogen and oxygen atoms in total. The molecule has 0 amide bonds. The molecule has 0 aliphatic carbocycles. The number of halogens is 1. The van der Waals surface area contributed by atoms with E-state index in [4.69, 9.17) is 5.73 Å². The Morgan fingerprint density at radius 2 is 2.07 bits per heavy atom. The summed E-state index contributed by atoms with van der Waals surface area (Å²) < 4.78 is 1.02. The number of nitrogen functional groups attached to an aromatic ring is 1. The number of nitrogens with two attached hydrogens (primary N) is 1. The number of anilines is 1. The Labute approximate surface area is 97.3 Å². The molecule has 0 aliphatic rings. The van der Waals surface area contributed by atoms with Crippen molar-refractivity contribution in [2.24, 2.45) is 0 Å². The standard InChI is InChI=1S/C12H11BrN2/c1-8-5-12(15-7-11(8)13)9-3-2-4-10(14)6-9/h2-7H,14H2,1H3. The first kappa shape index (κ1) is 10.2. The van der Waals surface area contributed by atoms with Gasteiger partial charge in [0.05, 0.1) is 5.69 Å². The lowest BCUT2D eigenvalue weighted by Gasteiger charge is -2.04. The highest BCUT2D eigenvalue weighted by Crippen LogP contribution is 2.23. The Morgan fingerprint density at radius 1 is 1.27 bits per heavy atom. The van der Waals surface area contributed by atoms with Crippen LogP contribution in [-0.2, 0) is 0 Å². The zero-order valence-electron chi connectivity index (χ0n) is 8.37. The SMILES string of the molecule is Cc1cc(-c2cccc(N)c2)ncc1Br. The second kappa shape index (κ2) is 4.03. The zero-order chi connectivity index (χ0) is 10.8. The molecule has 0 saturated heterocycles. The van der Waals surface area contributed by atoms with E-state index in [0.29, 0.717) is 0 Å². The van der Waals surface area contributed by atoms with Gasteiger partial charge in [0.15, 0.2) is 0 Å². The lowest BCUT2D eigenvalue weighted by molar-refractivity contribution is 1.26. The van der Waals surface area contributed by atoms with E-state index in [2.05, 4.69) is 20.9 Å². The summed E-state index contributed by atoms with van der Waals surface area (Å²) in [5.41, 5.74) is 9.65. The first-order valence-corrected chi connectivity index (χ1v) is 5.44. The van der Waals surface area contributed by atoms with Crippen LogP contribution in [0.2, 0.25) is 0 Å². The number of pyridine rings is 1. The van der Waals surface area contributed by atoms with Crippen LogP contribution in [0.3, 0.4) is 0 Å². The fraction of sp³-hybridized carbons (Fsp3) is 0.0833. The van der Waals surface area contributed by atoms with Crippen LogP contribution in [0.4, 0.5) is 5.69 Å². The molecule has 76 valence electrons. The molecule has 2 rings (SSSR count). The fourth-order valence-corrected chi connectivity index (χ4v) is 1.61. The average Bonchev–Trinajstić information content (AvgIpc) is 2.22. The van der Waals surface area contributed by atoms with Crippen molar-refractivity contribution in [1.82, 2.24) is 4.98 Å². The van der Waals surface area contributed by atoms with E-state index in [1.54, 1.807) is 0 Å². The molecule has 1 aromatic heterocycles. The molecule has 0 unspecified atom stereocenters. The molecule has 2 aromatic rings. The summed E-state index contributed by atoms with van der Waals surface area (Å²) in [6.07, 6.45) is 1.81. The van der Waals surface area contributed by atoms with Crippen LogP contribution in [0.15, 0.2) is 41.0 Å². The summed E-state index contributed by atoms with van der Waals surface area (Å²) in [7, 11) is 0. The summed E-state index contributed by atoms with van der Waals surface area (Å²) in [6, 6.07) is 9.78. The Bertz CT molecular complexity index is 495. The largest absolute Gasteiger partial charge is 0.399 e. The van der Waals surface area contributed by atoms with Crippen LogP contribution in [-0.4, -0.2) is 4.98 Å². The van der Waals surface area contributed by atoms with Gasteiger partial charge in [-0.3, -0.25) is 4.98 Å². The number of aromatic nitrogens is 1. The molecule has 1 aromatic carbocycles. The molecule has 0 bridgehead atoms. The molecule has 1 heterocycles. The molecule has 0 atom stereocenters. The smallest absolute Gasteiger partial charge is 0.0706 e. The molecule has 0 radical (unpaired) electrons. The molecule has 3 heteroatoms. The van der Waals surface area contributed by atoms with Gasteiger partial charge in [-0.2, -0.15) is 0 Å². The predicted octanol–water partition coefficient (Wildman–Crippen LogP) is 3.40. The Morgan fingerprint density at radius 3 is 2.73 bits per heavy atom. The van der Waals surface area contributed by atoms with Crippen LogP contribution < -0.4 is 5.73 Å². The van der Waals surface area contributed by atoms with Crippen LogP contribution in [0.25, 0.3) is 11.3 Å². The van der Waals surface area contributed by atoms with Crippen molar-refractivity contribution in [3.63, 3.8) is 0 Å². The van der Waals surface area contributed by atoms with Crippen molar-refractivity contribution in [2.45, 2.75) is 6.92 Å². The van der Waals surface area contributed by atoms with Crippen LogP contribution in [0.5, 0.6) is 0 Å². The summed E-state index contributed by atoms with van der Waals surface area (Å²) in [5.74, 6) is 0. The number of rotatable bonds is 1. The summed E-state index contributed by atoms with van der Waals surface area (Å²) in [4.78, 5) is 4.35. The normalized spacial score (nSPS) is 10.3. The van der Waals surface area contributed by atoms with Crippen molar-refractivity contribution < 1.29 is 0 Å². The first-order valence-electron chi connectivity index (χ1n) is 4.65. The van der Waals surface area contributed by atoms with Crippen LogP contribution >= 0.6 is 15.9 Å². The predicted molar refractivity (Wildman–Crippen MR) is 66.5 cm³/mol. The minimum atomic E-state index is 0.759. The molecular formula is C12H11BrN2. The maximum Gasteiger partial charge on any atom is 0.0706 e. The van der Waals surface area contributed by atoms with E-state index in [9.17, 15) is 0 Å². The van der Waals surface area contributed by atoms with Gasteiger partial charge < -0.3 is 5.73 Å². The molecule has 15 heavy (non-hydrogen) atoms. The van der Waals surface area contributed by atoms with Gasteiger partial charge in [0.1, 0.15) is 0 Å². The second-order valence-corrected chi connectivity index (χ2v) is 4.30. The number of nitrogens with zero attached hydrogens (tertiary/aromatic N) is 1. The highest BCUT2D eigenvalue weighted by molar-refractivity contribution is 9.10. The van der Waals surface area contributed by atoms with E-state index in [1.165, 1.54) is 5.56 Å². The first-order chi connectivity index (χ1) is 7.16. The van der Waals surface area contributed by atoms with E-state index >= 15 is 0 Å². The maximum absolute atomic E-state index is 5.73. The molecule has 0 aliphatic heterocycles. The number of hydrogen-bond donors (Lipinski definition) is 1. The number of hydrogen-bond acceptors (Lipinski definition) is 2. The third kappa shape index (κ3) is 2.18. The lowest BCUT2D eigenvalue weighted by atomic mass is 10.1. The van der Waals surface area contributed by atoms with Crippen molar-refractivity contribution >= 4 is 21.6 Å². The van der Waals surface area contributed by atoms with Crippen molar-refractivity contribution in [2.75, 3.05) is 5.73 Å². The van der Waals surface area contributed by atoms with E-state index in [0.717, 1.165) is 21.4 Å². The maximum atomic E-state index is 5.73. The quantitative estimate of drug-likeness (QED) is 0.801. The van der Waals surface area contributed by atoms with Gasteiger partial charge in [0, 0.05) is 21.9 Å². The van der Waals surface area contributed by atoms with E-state index in [-0.39, 0.29) is 0 Å². The van der Waals surface area contributed by atoms with Gasteiger partial charge in [-0.25, -0.2) is 0 Å². The molecular weight excluding hydrogens is 252 g/mol. The van der Waals surface area contributed by atoms with Crippen LogP contribution in [0.1, 0.15) is 5.56 Å². The second-order valence-electron chi connectivity index (χ2n) is 3.44. The molecule has 0 fully saturated rings. The van der Waals surface area contributed by atoms with Gasteiger partial charge in [-0.05, 0) is 46.6 Å². The highest BCUT2D eigenvalue weighted by atomic mass is 79.9. The van der Waals surface area contributed by atoms with Gasteiger partial charge in [0.25, 0.3) is 0 Å². The highest BCUT2D eigenvalue weighted by Gasteiger charge is 2.01. The van der Waals surface area contributed by atoms with Crippen molar-refractivity contribution in [3.05, 3.63) is 46.6 Å².